The number of rotatable bonds is 28. The topological polar surface area (TPSA) is 104 Å². The summed E-state index contributed by atoms with van der Waals surface area (Å²) in [6, 6.07) is -1.09. The van der Waals surface area contributed by atoms with Gasteiger partial charge in [-0.15, -0.1) is 0 Å². The molecule has 0 aromatic carbocycles. The average molecular weight is 632 g/mol. The zero-order chi connectivity index (χ0) is 32.6. The van der Waals surface area contributed by atoms with E-state index >= 15 is 0 Å². The number of nitrogens with one attached hydrogen (secondary N) is 1. The molecule has 3 N–H and O–H groups in total. The molecular formula is C37H61NO5S. The summed E-state index contributed by atoms with van der Waals surface area (Å²) in [5.41, 5.74) is 0. The molecule has 0 bridgehead atoms. The third-order valence-corrected chi connectivity index (χ3v) is 7.59. The van der Waals surface area contributed by atoms with Gasteiger partial charge in [-0.1, -0.05) is 125 Å². The van der Waals surface area contributed by atoms with Crippen molar-refractivity contribution in [2.75, 3.05) is 5.75 Å². The van der Waals surface area contributed by atoms with Crippen molar-refractivity contribution in [1.82, 2.24) is 5.32 Å². The van der Waals surface area contributed by atoms with Gasteiger partial charge < -0.3 is 10.4 Å². The van der Waals surface area contributed by atoms with Crippen LogP contribution in [0.4, 0.5) is 0 Å². The number of carbonyl (C=O) groups is 1. The minimum atomic E-state index is -4.36. The minimum absolute atomic E-state index is 0.243. The number of aliphatic hydroxyl groups excluding tert-OH is 1. The van der Waals surface area contributed by atoms with Gasteiger partial charge in [-0.2, -0.15) is 8.42 Å². The van der Waals surface area contributed by atoms with Crippen molar-refractivity contribution in [2.24, 2.45) is 0 Å². The molecule has 2 atom stereocenters. The Morgan fingerprint density at radius 3 is 1.66 bits per heavy atom. The number of carbonyl (C=O) groups excluding carboxylic acids is 1. The summed E-state index contributed by atoms with van der Waals surface area (Å²) in [6.45, 7) is 4.33. The molecule has 7 heteroatoms. The lowest BCUT2D eigenvalue weighted by molar-refractivity contribution is -0.122. The number of hydrogen-bond donors (Lipinski definition) is 3. The summed E-state index contributed by atoms with van der Waals surface area (Å²) in [7, 11) is -4.36. The predicted octanol–water partition coefficient (Wildman–Crippen LogP) is 9.28. The Labute approximate surface area is 269 Å². The fourth-order valence-electron chi connectivity index (χ4n) is 4.31. The molecule has 6 nitrogen and oxygen atoms in total. The van der Waals surface area contributed by atoms with E-state index in [0.717, 1.165) is 64.2 Å². The fraction of sp³-hybridized carbons (Fsp3) is 0.595. The van der Waals surface area contributed by atoms with Gasteiger partial charge in [-0.25, -0.2) is 0 Å². The van der Waals surface area contributed by atoms with Crippen molar-refractivity contribution in [2.45, 2.75) is 135 Å². The van der Waals surface area contributed by atoms with E-state index in [1.54, 1.807) is 6.08 Å². The van der Waals surface area contributed by atoms with Crippen LogP contribution in [0.25, 0.3) is 0 Å². The first-order chi connectivity index (χ1) is 21.3. The quantitative estimate of drug-likeness (QED) is 0.0454. The first kappa shape index (κ1) is 41.5. The Morgan fingerprint density at radius 1 is 0.636 bits per heavy atom. The maximum atomic E-state index is 12.4. The molecule has 0 rings (SSSR count). The molecule has 0 aliphatic carbocycles. The van der Waals surface area contributed by atoms with Gasteiger partial charge in [0.05, 0.1) is 17.9 Å². The molecule has 250 valence electrons. The highest BCUT2D eigenvalue weighted by molar-refractivity contribution is 7.85. The molecule has 0 aliphatic rings. The van der Waals surface area contributed by atoms with Crippen LogP contribution in [0.2, 0.25) is 0 Å². The summed E-state index contributed by atoms with van der Waals surface area (Å²) >= 11 is 0. The van der Waals surface area contributed by atoms with E-state index < -0.39 is 28.0 Å². The molecule has 44 heavy (non-hydrogen) atoms. The molecule has 0 aromatic rings. The first-order valence-electron chi connectivity index (χ1n) is 16.8. The first-order valence-corrected chi connectivity index (χ1v) is 18.4. The second kappa shape index (κ2) is 30.5. The highest BCUT2D eigenvalue weighted by Crippen LogP contribution is 2.08. The molecule has 0 aliphatic heterocycles. The molecule has 0 saturated carbocycles. The largest absolute Gasteiger partial charge is 0.387 e. The van der Waals surface area contributed by atoms with Gasteiger partial charge in [-0.05, 0) is 77.0 Å². The van der Waals surface area contributed by atoms with E-state index in [-0.39, 0.29) is 12.3 Å². The lowest BCUT2D eigenvalue weighted by atomic mass is 10.1. The monoisotopic (exact) mass is 631 g/mol. The van der Waals surface area contributed by atoms with Gasteiger partial charge in [0.1, 0.15) is 0 Å². The molecule has 0 heterocycles. The third kappa shape index (κ3) is 31.0. The lowest BCUT2D eigenvalue weighted by Crippen LogP contribution is -2.46. The SMILES string of the molecule is CC/C=C\C/C=C\C/C=C\C/C=C\C/C=C\CCCCCC(=O)NC(CS(=O)(=O)O)C(O)/C=C/CC/C=C/CCCCCC. The van der Waals surface area contributed by atoms with Crippen molar-refractivity contribution in [3.63, 3.8) is 0 Å². The lowest BCUT2D eigenvalue weighted by Gasteiger charge is -2.21. The van der Waals surface area contributed by atoms with Gasteiger partial charge in [0, 0.05) is 6.42 Å². The zero-order valence-electron chi connectivity index (χ0n) is 27.5. The molecule has 0 radical (unpaired) electrons. The van der Waals surface area contributed by atoms with Crippen molar-refractivity contribution in [3.05, 3.63) is 85.1 Å². The summed E-state index contributed by atoms with van der Waals surface area (Å²) in [6.07, 6.45) is 44.3. The average Bonchev–Trinajstić information content (AvgIpc) is 2.98. The van der Waals surface area contributed by atoms with Crippen LogP contribution >= 0.6 is 0 Å². The van der Waals surface area contributed by atoms with E-state index in [0.29, 0.717) is 12.8 Å². The van der Waals surface area contributed by atoms with Crippen molar-refractivity contribution in [3.8, 4) is 0 Å². The summed E-state index contributed by atoms with van der Waals surface area (Å²) in [4.78, 5) is 12.4. The van der Waals surface area contributed by atoms with Crippen LogP contribution in [0.5, 0.6) is 0 Å². The van der Waals surface area contributed by atoms with Crippen molar-refractivity contribution in [1.29, 1.82) is 0 Å². The maximum Gasteiger partial charge on any atom is 0.267 e. The second-order valence-corrected chi connectivity index (χ2v) is 12.5. The number of allylic oxidation sites excluding steroid dienone is 13. The molecule has 1 amide bonds. The molecular weight excluding hydrogens is 570 g/mol. The van der Waals surface area contributed by atoms with Crippen LogP contribution in [0.3, 0.4) is 0 Å². The van der Waals surface area contributed by atoms with E-state index in [1.807, 2.05) is 0 Å². The zero-order valence-corrected chi connectivity index (χ0v) is 28.3. The van der Waals surface area contributed by atoms with Gasteiger partial charge in [0.15, 0.2) is 0 Å². The maximum absolute atomic E-state index is 12.4. The van der Waals surface area contributed by atoms with Crippen molar-refractivity contribution < 1.29 is 22.9 Å². The summed E-state index contributed by atoms with van der Waals surface area (Å²) in [5, 5.41) is 13.1. The highest BCUT2D eigenvalue weighted by Gasteiger charge is 2.24. The molecule has 2 unspecified atom stereocenters. The van der Waals surface area contributed by atoms with Crippen LogP contribution in [-0.4, -0.2) is 41.9 Å². The number of unbranched alkanes of at least 4 members (excludes halogenated alkanes) is 8. The predicted molar refractivity (Wildman–Crippen MR) is 188 cm³/mol. The van der Waals surface area contributed by atoms with Crippen LogP contribution < -0.4 is 5.32 Å². The van der Waals surface area contributed by atoms with E-state index in [4.69, 9.17) is 0 Å². The minimum Gasteiger partial charge on any atom is -0.387 e. The van der Waals surface area contributed by atoms with Crippen LogP contribution in [0.1, 0.15) is 123 Å². The van der Waals surface area contributed by atoms with E-state index in [1.165, 1.54) is 31.8 Å². The fourth-order valence-corrected chi connectivity index (χ4v) is 5.05. The third-order valence-electron chi connectivity index (χ3n) is 6.81. The standard InChI is InChI=1S/C37H61NO5S/c1-3-5-7-9-11-13-15-16-17-18-19-20-21-22-23-25-27-29-31-33-37(40)38-35(34-44(41,42)43)36(39)32-30-28-26-24-14-12-10-8-6-4-2/h5,7,11,13-14,16-17,19-20,22-24,30,32,35-36,39H,3-4,6,8-10,12,15,18,21,25-29,31,33-34H2,1-2H3,(H,38,40)(H,41,42,43)/b7-5-,13-11-,17-16-,20-19-,23-22-,24-14+,32-30+. The Kier molecular flexibility index (Phi) is 28.8. The van der Waals surface area contributed by atoms with Crippen LogP contribution in [0, 0.1) is 0 Å². The van der Waals surface area contributed by atoms with Gasteiger partial charge in [0.2, 0.25) is 5.91 Å². The second-order valence-electron chi connectivity index (χ2n) is 11.0. The molecule has 0 aromatic heterocycles. The van der Waals surface area contributed by atoms with Crippen LogP contribution in [-0.2, 0) is 14.9 Å². The summed E-state index contributed by atoms with van der Waals surface area (Å²) in [5.74, 6) is -1.06. The molecule has 0 fully saturated rings. The number of hydrogen-bond acceptors (Lipinski definition) is 4. The van der Waals surface area contributed by atoms with Gasteiger partial charge in [-0.3, -0.25) is 9.35 Å². The smallest absolute Gasteiger partial charge is 0.267 e. The van der Waals surface area contributed by atoms with E-state index in [2.05, 4.69) is 92.1 Å². The summed E-state index contributed by atoms with van der Waals surface area (Å²) < 4.78 is 32.2. The van der Waals surface area contributed by atoms with Gasteiger partial charge in [0.25, 0.3) is 10.1 Å². The van der Waals surface area contributed by atoms with Gasteiger partial charge >= 0.3 is 0 Å². The normalized spacial score (nSPS) is 14.5. The Balaban J connectivity index is 4.15. The Morgan fingerprint density at radius 2 is 1.11 bits per heavy atom. The Bertz CT molecular complexity index is 1000. The van der Waals surface area contributed by atoms with Crippen LogP contribution in [0.15, 0.2) is 85.1 Å². The molecule has 0 saturated heterocycles. The van der Waals surface area contributed by atoms with Crippen molar-refractivity contribution >= 4 is 16.0 Å². The highest BCUT2D eigenvalue weighted by atomic mass is 32.2. The number of aliphatic hydroxyl groups is 1. The Hall–Kier alpha value is -2.48. The number of amides is 1. The van der Waals surface area contributed by atoms with E-state index in [9.17, 15) is 22.9 Å². The molecule has 0 spiro atoms.